The Hall–Kier alpha value is -4.90. The molecule has 0 saturated heterocycles. The minimum Gasteiger partial charge on any atom is -0.493 e. The minimum atomic E-state index is -0.552. The number of nitrogens with zero attached hydrogens (tertiary/aromatic N) is 2. The second-order valence-electron chi connectivity index (χ2n) is 9.11. The van der Waals surface area contributed by atoms with Crippen molar-refractivity contribution in [3.8, 4) is 57.5 Å². The van der Waals surface area contributed by atoms with Crippen LogP contribution in [-0.2, 0) is 0 Å². The Morgan fingerprint density at radius 2 is 1.47 bits per heavy atom. The number of rotatable bonds is 11. The molecule has 0 unspecified atom stereocenters. The van der Waals surface area contributed by atoms with Crippen LogP contribution in [0.1, 0.15) is 13.3 Å². The van der Waals surface area contributed by atoms with Crippen LogP contribution < -0.4 is 38.6 Å². The number of hydrogen-bond acceptors (Lipinski definition) is 11. The molecular formula is C31H29ClN2O9. The first-order valence-corrected chi connectivity index (χ1v) is 13.5. The van der Waals surface area contributed by atoms with E-state index in [9.17, 15) is 4.79 Å². The summed E-state index contributed by atoms with van der Waals surface area (Å²) in [7, 11) is 7.38. The largest absolute Gasteiger partial charge is 0.493 e. The molecule has 0 saturated carbocycles. The Bertz CT molecular complexity index is 1850. The third-order valence-electron chi connectivity index (χ3n) is 6.51. The summed E-state index contributed by atoms with van der Waals surface area (Å²) in [6.45, 7) is 2.33. The van der Waals surface area contributed by atoms with E-state index in [1.807, 2.05) is 6.92 Å². The molecule has 2 aromatic heterocycles. The van der Waals surface area contributed by atoms with E-state index in [2.05, 4.69) is 9.97 Å². The van der Waals surface area contributed by atoms with Crippen molar-refractivity contribution in [2.24, 2.45) is 0 Å². The smallest absolute Gasteiger partial charge is 0.239 e. The van der Waals surface area contributed by atoms with Gasteiger partial charge in [0.25, 0.3) is 0 Å². The maximum atomic E-state index is 14.4. The molecule has 0 N–H and O–H groups in total. The average Bonchev–Trinajstić information content (AvgIpc) is 3.03. The van der Waals surface area contributed by atoms with Crippen LogP contribution >= 0.6 is 11.6 Å². The van der Waals surface area contributed by atoms with E-state index in [1.54, 1.807) is 36.4 Å². The quantitative estimate of drug-likeness (QED) is 0.160. The van der Waals surface area contributed by atoms with Gasteiger partial charge in [0.2, 0.25) is 28.6 Å². The van der Waals surface area contributed by atoms with Crippen LogP contribution in [0, 0.1) is 0 Å². The monoisotopic (exact) mass is 608 g/mol. The van der Waals surface area contributed by atoms with Crippen LogP contribution in [0.2, 0.25) is 5.02 Å². The van der Waals surface area contributed by atoms with E-state index in [0.29, 0.717) is 51.2 Å². The summed E-state index contributed by atoms with van der Waals surface area (Å²) in [4.78, 5) is 23.3. The van der Waals surface area contributed by atoms with Gasteiger partial charge in [0, 0.05) is 16.7 Å². The van der Waals surface area contributed by atoms with Crippen LogP contribution in [0.15, 0.2) is 51.8 Å². The number of halogens is 1. The summed E-state index contributed by atoms with van der Waals surface area (Å²) in [5, 5.41) is 0.597. The van der Waals surface area contributed by atoms with Crippen LogP contribution in [0.4, 0.5) is 0 Å². The van der Waals surface area contributed by atoms with Crippen molar-refractivity contribution >= 4 is 33.6 Å². The first-order valence-electron chi connectivity index (χ1n) is 13.2. The number of aromatic nitrogens is 2. The average molecular weight is 609 g/mol. The lowest BCUT2D eigenvalue weighted by Gasteiger charge is -2.18. The molecule has 2 heterocycles. The lowest BCUT2D eigenvalue weighted by atomic mass is 10.1. The number of hydrogen-bond donors (Lipinski definition) is 0. The second kappa shape index (κ2) is 12.5. The standard InChI is InChI=1S/C31H29ClN2O9/c1-7-10-41-29-23(38-4)14-20-25(30(29)40-6)26(35)31(43-24-15-33-19-13-17(32)8-9-18(19)34-24)27(42-20)16-11-21(36-2)28(39-5)22(12-16)37-3/h8-9,11-15H,7,10H2,1-6H3. The molecule has 0 spiro atoms. The lowest BCUT2D eigenvalue weighted by Crippen LogP contribution is -2.11. The maximum absolute atomic E-state index is 14.4. The van der Waals surface area contributed by atoms with Gasteiger partial charge in [0.1, 0.15) is 11.0 Å². The topological polar surface area (TPSA) is 121 Å². The molecule has 0 radical (unpaired) electrons. The van der Waals surface area contributed by atoms with Crippen molar-refractivity contribution in [1.82, 2.24) is 9.97 Å². The van der Waals surface area contributed by atoms with Gasteiger partial charge in [-0.25, -0.2) is 9.97 Å². The molecule has 0 amide bonds. The Labute approximate surface area is 251 Å². The first-order chi connectivity index (χ1) is 20.9. The third-order valence-corrected chi connectivity index (χ3v) is 6.74. The zero-order valence-electron chi connectivity index (χ0n) is 24.4. The summed E-state index contributed by atoms with van der Waals surface area (Å²) < 4.78 is 46.3. The number of benzene rings is 3. The SMILES string of the molecule is CCCOc1c(OC)cc2oc(-c3cc(OC)c(OC)c(OC)c3)c(Oc3cnc4cc(Cl)ccc4n3)c(=O)c2c1OC. The van der Waals surface area contributed by atoms with E-state index in [-0.39, 0.29) is 39.9 Å². The fourth-order valence-corrected chi connectivity index (χ4v) is 4.73. The summed E-state index contributed by atoms with van der Waals surface area (Å²) in [6.07, 6.45) is 2.11. The molecule has 12 heteroatoms. The van der Waals surface area contributed by atoms with Crippen molar-refractivity contribution in [3.63, 3.8) is 0 Å². The minimum absolute atomic E-state index is 0.0464. The van der Waals surface area contributed by atoms with Gasteiger partial charge in [-0.15, -0.1) is 0 Å². The molecule has 0 fully saturated rings. The summed E-state index contributed by atoms with van der Waals surface area (Å²) in [5.41, 5.74) is 1.08. The molecule has 5 rings (SSSR count). The number of ether oxygens (including phenoxy) is 7. The summed E-state index contributed by atoms with van der Waals surface area (Å²) in [5.74, 6) is 1.68. The van der Waals surface area contributed by atoms with Gasteiger partial charge in [-0.1, -0.05) is 18.5 Å². The molecule has 0 bridgehead atoms. The molecule has 5 aromatic rings. The molecule has 224 valence electrons. The number of methoxy groups -OCH3 is 5. The fraction of sp³-hybridized carbons (Fsp3) is 0.258. The molecule has 0 aliphatic heterocycles. The predicted molar refractivity (Wildman–Crippen MR) is 161 cm³/mol. The van der Waals surface area contributed by atoms with Gasteiger partial charge in [0.05, 0.1) is 59.4 Å². The van der Waals surface area contributed by atoms with Crippen molar-refractivity contribution in [2.45, 2.75) is 13.3 Å². The zero-order valence-corrected chi connectivity index (χ0v) is 25.2. The first kappa shape index (κ1) is 29.6. The van der Waals surface area contributed by atoms with Crippen molar-refractivity contribution in [2.75, 3.05) is 42.2 Å². The van der Waals surface area contributed by atoms with E-state index in [0.717, 1.165) is 6.42 Å². The third kappa shape index (κ3) is 5.51. The van der Waals surface area contributed by atoms with Crippen molar-refractivity contribution < 1.29 is 37.6 Å². The molecule has 0 aliphatic rings. The highest BCUT2D eigenvalue weighted by molar-refractivity contribution is 6.31. The van der Waals surface area contributed by atoms with Gasteiger partial charge in [0.15, 0.2) is 28.8 Å². The van der Waals surface area contributed by atoms with Gasteiger partial charge in [-0.3, -0.25) is 4.79 Å². The highest BCUT2D eigenvalue weighted by Crippen LogP contribution is 2.47. The molecule has 0 aliphatic carbocycles. The second-order valence-corrected chi connectivity index (χ2v) is 9.55. The van der Waals surface area contributed by atoms with Gasteiger partial charge in [-0.05, 0) is 36.8 Å². The van der Waals surface area contributed by atoms with Crippen LogP contribution in [0.5, 0.6) is 46.1 Å². The Kier molecular flexibility index (Phi) is 8.63. The van der Waals surface area contributed by atoms with Crippen LogP contribution in [0.25, 0.3) is 33.3 Å². The Morgan fingerprint density at radius 3 is 2.09 bits per heavy atom. The van der Waals surface area contributed by atoms with E-state index >= 15 is 0 Å². The Morgan fingerprint density at radius 1 is 0.791 bits per heavy atom. The van der Waals surface area contributed by atoms with Crippen molar-refractivity contribution in [3.05, 3.63) is 57.8 Å². The van der Waals surface area contributed by atoms with Gasteiger partial charge in [-0.2, -0.15) is 0 Å². The van der Waals surface area contributed by atoms with Crippen LogP contribution in [-0.4, -0.2) is 52.1 Å². The molecule has 11 nitrogen and oxygen atoms in total. The predicted octanol–water partition coefficient (Wildman–Crippen LogP) is 6.68. The van der Waals surface area contributed by atoms with E-state index in [1.165, 1.54) is 41.7 Å². The van der Waals surface area contributed by atoms with Gasteiger partial charge < -0.3 is 37.6 Å². The zero-order chi connectivity index (χ0) is 30.7. The molecule has 0 atom stereocenters. The van der Waals surface area contributed by atoms with E-state index < -0.39 is 5.43 Å². The summed E-state index contributed by atoms with van der Waals surface area (Å²) in [6, 6.07) is 9.90. The highest BCUT2D eigenvalue weighted by Gasteiger charge is 2.28. The van der Waals surface area contributed by atoms with Crippen molar-refractivity contribution in [1.29, 1.82) is 0 Å². The summed E-state index contributed by atoms with van der Waals surface area (Å²) >= 11 is 6.11. The fourth-order valence-electron chi connectivity index (χ4n) is 4.57. The maximum Gasteiger partial charge on any atom is 0.239 e. The molecule has 3 aromatic carbocycles. The normalized spacial score (nSPS) is 11.0. The molecular weight excluding hydrogens is 580 g/mol. The number of fused-ring (bicyclic) bond motifs is 2. The van der Waals surface area contributed by atoms with Gasteiger partial charge >= 0.3 is 0 Å². The highest BCUT2D eigenvalue weighted by atomic mass is 35.5. The van der Waals surface area contributed by atoms with E-state index in [4.69, 9.17) is 49.2 Å². The molecule has 43 heavy (non-hydrogen) atoms. The van der Waals surface area contributed by atoms with Crippen LogP contribution in [0.3, 0.4) is 0 Å². The lowest BCUT2D eigenvalue weighted by molar-refractivity contribution is 0.276. The Balaban J connectivity index is 1.82.